The predicted octanol–water partition coefficient (Wildman–Crippen LogP) is 11.1. The average molecular weight is 705 g/mol. The Morgan fingerprint density at radius 2 is 1.44 bits per heavy atom. The van der Waals surface area contributed by atoms with E-state index in [0.29, 0.717) is 78.3 Å². The minimum absolute atomic E-state index is 0. The van der Waals surface area contributed by atoms with Crippen LogP contribution < -0.4 is 0 Å². The molecule has 16 atom stereocenters. The molecule has 0 amide bonds. The minimum Gasteiger partial charge on any atom is -0.459 e. The van der Waals surface area contributed by atoms with Crippen molar-refractivity contribution >= 4 is 23.7 Å². The summed E-state index contributed by atoms with van der Waals surface area (Å²) >= 11 is 0. The SMILES string of the molecule is C.C.C.C.C.C.C.CC(=O)C1CC2CC1C1C3CC(C(C)C3CC3C(=O)OC(=O)C3CCC(C)(C)C(=O)OC3(C)CC4CC3C3CCCC43)C21. The third-order valence-corrected chi connectivity index (χ3v) is 15.6. The van der Waals surface area contributed by atoms with E-state index in [4.69, 9.17) is 9.47 Å². The zero-order chi connectivity index (χ0) is 30.2. The van der Waals surface area contributed by atoms with Gasteiger partial charge in [0.2, 0.25) is 0 Å². The number of Topliss-reactive ketones (excluding diaryl/α,β-unsaturated/α-hetero) is 1. The molecule has 8 aliphatic rings. The number of ether oxygens (including phenoxy) is 2. The van der Waals surface area contributed by atoms with E-state index in [1.807, 2.05) is 13.8 Å². The molecule has 50 heavy (non-hydrogen) atoms. The van der Waals surface area contributed by atoms with Crippen molar-refractivity contribution in [3.8, 4) is 0 Å². The fourth-order valence-electron chi connectivity index (χ4n) is 13.8. The molecule has 0 N–H and O–H groups in total. The lowest BCUT2D eigenvalue weighted by atomic mass is 9.59. The summed E-state index contributed by atoms with van der Waals surface area (Å²) in [5, 5.41) is 0. The van der Waals surface area contributed by atoms with Crippen molar-refractivity contribution in [2.75, 3.05) is 0 Å². The van der Waals surface area contributed by atoms with Crippen LogP contribution in [0.1, 0.15) is 157 Å². The fourth-order valence-corrected chi connectivity index (χ4v) is 13.8. The molecule has 8 fully saturated rings. The van der Waals surface area contributed by atoms with Gasteiger partial charge < -0.3 is 9.47 Å². The Morgan fingerprint density at radius 3 is 2.10 bits per heavy atom. The minimum atomic E-state index is -0.728. The van der Waals surface area contributed by atoms with Gasteiger partial charge in [-0.25, -0.2) is 0 Å². The molecule has 16 unspecified atom stereocenters. The number of hydrogen-bond donors (Lipinski definition) is 0. The van der Waals surface area contributed by atoms with Gasteiger partial charge in [0.15, 0.2) is 0 Å². The summed E-state index contributed by atoms with van der Waals surface area (Å²) in [6.07, 6.45) is 11.4. The van der Waals surface area contributed by atoms with E-state index in [1.165, 1.54) is 38.5 Å². The van der Waals surface area contributed by atoms with E-state index in [9.17, 15) is 19.2 Å². The molecule has 0 aromatic carbocycles. The Morgan fingerprint density at radius 1 is 0.800 bits per heavy atom. The van der Waals surface area contributed by atoms with Crippen LogP contribution in [0.2, 0.25) is 0 Å². The molecule has 7 aliphatic carbocycles. The van der Waals surface area contributed by atoms with Crippen LogP contribution in [0, 0.1) is 94.2 Å². The normalized spacial score (nSPS) is 44.9. The van der Waals surface area contributed by atoms with E-state index < -0.39 is 23.2 Å². The highest BCUT2D eigenvalue weighted by atomic mass is 16.6. The third-order valence-electron chi connectivity index (χ3n) is 15.6. The highest BCUT2D eigenvalue weighted by molar-refractivity contribution is 5.96. The molecule has 6 bridgehead atoms. The average Bonchev–Trinajstić information content (AvgIpc) is 3.77. The van der Waals surface area contributed by atoms with Crippen molar-refractivity contribution in [1.29, 1.82) is 0 Å². The summed E-state index contributed by atoms with van der Waals surface area (Å²) in [5.41, 5.74) is -1.10. The van der Waals surface area contributed by atoms with E-state index in [-0.39, 0.29) is 75.4 Å². The van der Waals surface area contributed by atoms with Crippen molar-refractivity contribution in [1.82, 2.24) is 0 Å². The first-order valence-electron chi connectivity index (χ1n) is 17.9. The lowest BCUT2D eigenvalue weighted by Gasteiger charge is -2.44. The number of rotatable bonds is 8. The zero-order valence-corrected chi connectivity index (χ0v) is 26.9. The van der Waals surface area contributed by atoms with Gasteiger partial charge in [-0.15, -0.1) is 0 Å². The second kappa shape index (κ2) is 15.7. The van der Waals surface area contributed by atoms with Gasteiger partial charge in [0.25, 0.3) is 0 Å². The van der Waals surface area contributed by atoms with Crippen LogP contribution >= 0.6 is 0 Å². The van der Waals surface area contributed by atoms with Crippen LogP contribution in [0.5, 0.6) is 0 Å². The van der Waals surface area contributed by atoms with Crippen LogP contribution in [0.3, 0.4) is 0 Å². The maximum absolute atomic E-state index is 13.6. The van der Waals surface area contributed by atoms with Crippen LogP contribution in [-0.2, 0) is 28.7 Å². The molecule has 8 rings (SSSR count). The molecule has 1 aliphatic heterocycles. The molecule has 0 radical (unpaired) electrons. The Bertz CT molecular complexity index is 1240. The van der Waals surface area contributed by atoms with Gasteiger partial charge in [0, 0.05) is 11.8 Å². The predicted molar refractivity (Wildman–Crippen MR) is 206 cm³/mol. The summed E-state index contributed by atoms with van der Waals surface area (Å²) in [7, 11) is 0. The number of cyclic esters (lactones) is 2. The molecule has 1 saturated heterocycles. The van der Waals surface area contributed by atoms with E-state index in [0.717, 1.165) is 30.6 Å². The van der Waals surface area contributed by atoms with Gasteiger partial charge in [0.1, 0.15) is 11.4 Å². The lowest BCUT2D eigenvalue weighted by molar-refractivity contribution is -0.178. The van der Waals surface area contributed by atoms with Crippen molar-refractivity contribution in [2.24, 2.45) is 94.2 Å². The largest absolute Gasteiger partial charge is 0.459 e. The van der Waals surface area contributed by atoms with Gasteiger partial charge in [-0.05, 0) is 157 Å². The number of fused-ring (bicyclic) bond motifs is 14. The Kier molecular flexibility index (Phi) is 14.6. The number of esters is 3. The first kappa shape index (κ1) is 46.3. The maximum Gasteiger partial charge on any atom is 0.317 e. The van der Waals surface area contributed by atoms with Crippen LogP contribution in [-0.4, -0.2) is 29.3 Å². The zero-order valence-electron chi connectivity index (χ0n) is 26.9. The van der Waals surface area contributed by atoms with E-state index in [2.05, 4.69) is 13.8 Å². The summed E-state index contributed by atoms with van der Waals surface area (Å²) < 4.78 is 11.7. The number of carbonyl (C=O) groups is 4. The van der Waals surface area contributed by atoms with Crippen LogP contribution in [0.4, 0.5) is 0 Å². The van der Waals surface area contributed by atoms with E-state index >= 15 is 0 Å². The van der Waals surface area contributed by atoms with Gasteiger partial charge >= 0.3 is 17.9 Å². The molecule has 6 heteroatoms. The second-order valence-electron chi connectivity index (χ2n) is 17.7. The van der Waals surface area contributed by atoms with E-state index in [1.54, 1.807) is 6.92 Å². The standard InChI is InChI=1S/C37H52O6.7CH4/c1-17-24(28-15-25(17)31-19-11-26(18(2)38)27(12-19)32(28)31)14-29-23(33(39)42-34(29)40)9-10-36(3,4)35(41)43-37(5)16-20-13-30(37)22-8-6-7-21(20)22;;;;;;;/h17,19-32H,6-16H2,1-5H3;7*1H4. The van der Waals surface area contributed by atoms with Gasteiger partial charge in [0.05, 0.1) is 17.3 Å². The molecule has 1 heterocycles. The van der Waals surface area contributed by atoms with Crippen molar-refractivity contribution in [3.63, 3.8) is 0 Å². The van der Waals surface area contributed by atoms with Crippen molar-refractivity contribution in [3.05, 3.63) is 0 Å². The summed E-state index contributed by atoms with van der Waals surface area (Å²) in [5.74, 6) is 6.30. The molecule has 292 valence electrons. The van der Waals surface area contributed by atoms with Crippen molar-refractivity contribution in [2.45, 2.75) is 163 Å². The molecule has 7 saturated carbocycles. The Labute approximate surface area is 308 Å². The highest BCUT2D eigenvalue weighted by Gasteiger charge is 2.67. The maximum atomic E-state index is 13.6. The molecule has 0 spiro atoms. The first-order valence-corrected chi connectivity index (χ1v) is 17.9. The monoisotopic (exact) mass is 705 g/mol. The quantitative estimate of drug-likeness (QED) is 0.142. The molecule has 0 aromatic heterocycles. The molecular formula is C44H80O6. The highest BCUT2D eigenvalue weighted by Crippen LogP contribution is 2.72. The van der Waals surface area contributed by atoms with Crippen LogP contribution in [0.25, 0.3) is 0 Å². The molecule has 6 nitrogen and oxygen atoms in total. The Balaban J connectivity index is 0.00000179. The van der Waals surface area contributed by atoms with Crippen molar-refractivity contribution < 1.29 is 28.7 Å². The van der Waals surface area contributed by atoms with Gasteiger partial charge in [-0.3, -0.25) is 19.2 Å². The third kappa shape index (κ3) is 6.56. The fraction of sp³-hybridized carbons (Fsp3) is 0.909. The number of hydrogen-bond acceptors (Lipinski definition) is 6. The molecular weight excluding hydrogens is 624 g/mol. The first-order chi connectivity index (χ1) is 20.4. The topological polar surface area (TPSA) is 86.7 Å². The Hall–Kier alpha value is -1.72. The van der Waals surface area contributed by atoms with Gasteiger partial charge in [-0.1, -0.05) is 65.3 Å². The smallest absolute Gasteiger partial charge is 0.317 e. The number of ketones is 1. The lowest BCUT2D eigenvalue weighted by Crippen LogP contribution is -2.45. The molecule has 0 aromatic rings. The summed E-state index contributed by atoms with van der Waals surface area (Å²) in [6, 6.07) is 0. The number of carbonyl (C=O) groups excluding carboxylic acids is 4. The van der Waals surface area contributed by atoms with Crippen LogP contribution in [0.15, 0.2) is 0 Å². The summed E-state index contributed by atoms with van der Waals surface area (Å²) in [4.78, 5) is 52.2. The van der Waals surface area contributed by atoms with Gasteiger partial charge in [-0.2, -0.15) is 0 Å². The second-order valence-corrected chi connectivity index (χ2v) is 17.7. The summed E-state index contributed by atoms with van der Waals surface area (Å²) in [6.45, 7) is 10.2.